The van der Waals surface area contributed by atoms with Gasteiger partial charge in [-0.3, -0.25) is 4.68 Å². The monoisotopic (exact) mass is 258 g/mol. The van der Waals surface area contributed by atoms with E-state index in [1.807, 2.05) is 6.07 Å². The number of rotatable bonds is 3. The molecule has 1 aromatic carbocycles. The quantitative estimate of drug-likeness (QED) is 0.652. The number of allylic oxidation sites excluding steroid dienone is 1. The van der Waals surface area contributed by atoms with Gasteiger partial charge in [0.15, 0.2) is 0 Å². The Kier molecular flexibility index (Phi) is 3.21. The number of aliphatic hydroxyl groups excluding tert-OH is 1. The number of hydrogen-bond acceptors (Lipinski definition) is 4. The standard InChI is InChI=1S/C13H11FN4O/c1-8(19)6-18-7-10(5-17-18)13-9(4-15)2-11(16)3-12(13)14/h2-3,5,7,19H,1,6,16H2. The van der Waals surface area contributed by atoms with Gasteiger partial charge in [0.05, 0.1) is 24.4 Å². The Labute approximate surface area is 109 Å². The van der Waals surface area contributed by atoms with E-state index < -0.39 is 5.82 Å². The van der Waals surface area contributed by atoms with Crippen LogP contribution in [0.25, 0.3) is 11.1 Å². The van der Waals surface area contributed by atoms with Gasteiger partial charge < -0.3 is 10.8 Å². The summed E-state index contributed by atoms with van der Waals surface area (Å²) in [5.74, 6) is -0.646. The van der Waals surface area contributed by atoms with Crippen LogP contribution in [0.2, 0.25) is 0 Å². The SMILES string of the molecule is C=C(O)Cn1cc(-c2c(F)cc(N)cc2C#N)cn1. The van der Waals surface area contributed by atoms with Crippen molar-refractivity contribution in [1.82, 2.24) is 9.78 Å². The Morgan fingerprint density at radius 2 is 2.32 bits per heavy atom. The minimum Gasteiger partial charge on any atom is -0.511 e. The van der Waals surface area contributed by atoms with E-state index in [9.17, 15) is 4.39 Å². The smallest absolute Gasteiger partial charge is 0.134 e. The van der Waals surface area contributed by atoms with Crippen LogP contribution in [-0.4, -0.2) is 14.9 Å². The van der Waals surface area contributed by atoms with Crippen molar-refractivity contribution in [3.63, 3.8) is 0 Å². The number of hydrogen-bond donors (Lipinski definition) is 2. The van der Waals surface area contributed by atoms with Gasteiger partial charge in [0.2, 0.25) is 0 Å². The molecule has 5 nitrogen and oxygen atoms in total. The molecule has 0 aliphatic heterocycles. The first kappa shape index (κ1) is 12.6. The molecule has 0 amide bonds. The molecule has 19 heavy (non-hydrogen) atoms. The van der Waals surface area contributed by atoms with E-state index in [-0.39, 0.29) is 29.1 Å². The molecule has 0 unspecified atom stereocenters. The maximum absolute atomic E-state index is 13.9. The summed E-state index contributed by atoms with van der Waals surface area (Å²) in [5.41, 5.74) is 6.41. The summed E-state index contributed by atoms with van der Waals surface area (Å²) in [7, 11) is 0. The molecule has 0 fully saturated rings. The third-order valence-corrected chi connectivity index (χ3v) is 2.50. The molecule has 0 aliphatic carbocycles. The largest absolute Gasteiger partial charge is 0.511 e. The van der Waals surface area contributed by atoms with Crippen LogP contribution < -0.4 is 5.73 Å². The summed E-state index contributed by atoms with van der Waals surface area (Å²) in [6.07, 6.45) is 2.94. The number of nitrogens with two attached hydrogens (primary N) is 1. The van der Waals surface area contributed by atoms with E-state index in [1.165, 1.54) is 23.1 Å². The number of aromatic nitrogens is 2. The summed E-state index contributed by atoms with van der Waals surface area (Å²) in [5, 5.41) is 22.1. The number of benzene rings is 1. The fraction of sp³-hybridized carbons (Fsp3) is 0.0769. The molecule has 0 saturated carbocycles. The highest BCUT2D eigenvalue weighted by atomic mass is 19.1. The molecule has 1 heterocycles. The van der Waals surface area contributed by atoms with Crippen molar-refractivity contribution in [3.8, 4) is 17.2 Å². The van der Waals surface area contributed by atoms with Gasteiger partial charge in [-0.2, -0.15) is 10.4 Å². The minimum atomic E-state index is -0.584. The highest BCUT2D eigenvalue weighted by Crippen LogP contribution is 2.28. The van der Waals surface area contributed by atoms with E-state index in [4.69, 9.17) is 16.1 Å². The lowest BCUT2D eigenvalue weighted by molar-refractivity contribution is 0.370. The average molecular weight is 258 g/mol. The minimum absolute atomic E-state index is 0.0621. The second-order valence-corrected chi connectivity index (χ2v) is 4.03. The van der Waals surface area contributed by atoms with Crippen molar-refractivity contribution in [2.24, 2.45) is 0 Å². The molecule has 2 rings (SSSR count). The lowest BCUT2D eigenvalue weighted by atomic mass is 10.0. The van der Waals surface area contributed by atoms with E-state index >= 15 is 0 Å². The Morgan fingerprint density at radius 1 is 1.58 bits per heavy atom. The van der Waals surface area contributed by atoms with Crippen molar-refractivity contribution in [1.29, 1.82) is 5.26 Å². The Balaban J connectivity index is 2.50. The van der Waals surface area contributed by atoms with Gasteiger partial charge >= 0.3 is 0 Å². The van der Waals surface area contributed by atoms with E-state index in [2.05, 4.69) is 11.7 Å². The van der Waals surface area contributed by atoms with Crippen LogP contribution in [0.4, 0.5) is 10.1 Å². The van der Waals surface area contributed by atoms with Crippen LogP contribution >= 0.6 is 0 Å². The zero-order valence-electron chi connectivity index (χ0n) is 9.97. The predicted molar refractivity (Wildman–Crippen MR) is 68.5 cm³/mol. The molecule has 0 bridgehead atoms. The molecule has 0 spiro atoms. The molecular formula is C13H11FN4O. The van der Waals surface area contributed by atoms with Crippen molar-refractivity contribution in [3.05, 3.63) is 48.2 Å². The van der Waals surface area contributed by atoms with E-state index in [0.29, 0.717) is 5.56 Å². The fourth-order valence-electron chi connectivity index (χ4n) is 1.78. The average Bonchev–Trinajstić information content (AvgIpc) is 2.74. The number of nitrogen functional groups attached to an aromatic ring is 1. The summed E-state index contributed by atoms with van der Waals surface area (Å²) in [6, 6.07) is 4.46. The number of aliphatic hydroxyl groups is 1. The Hall–Kier alpha value is -2.81. The molecule has 0 radical (unpaired) electrons. The van der Waals surface area contributed by atoms with Crippen LogP contribution in [0.3, 0.4) is 0 Å². The first-order valence-electron chi connectivity index (χ1n) is 5.40. The molecule has 3 N–H and O–H groups in total. The van der Waals surface area contributed by atoms with Crippen LogP contribution in [0.5, 0.6) is 0 Å². The predicted octanol–water partition coefficient (Wildman–Crippen LogP) is 2.21. The summed E-state index contributed by atoms with van der Waals surface area (Å²) in [4.78, 5) is 0. The Morgan fingerprint density at radius 3 is 2.95 bits per heavy atom. The van der Waals surface area contributed by atoms with Crippen LogP contribution in [-0.2, 0) is 6.54 Å². The highest BCUT2D eigenvalue weighted by Gasteiger charge is 2.14. The first-order valence-corrected chi connectivity index (χ1v) is 5.40. The lowest BCUT2D eigenvalue weighted by Crippen LogP contribution is -1.99. The molecule has 0 saturated heterocycles. The van der Waals surface area contributed by atoms with Crippen LogP contribution in [0.15, 0.2) is 36.9 Å². The number of nitrogens with zero attached hydrogens (tertiary/aromatic N) is 3. The van der Waals surface area contributed by atoms with Crippen molar-refractivity contribution in [2.45, 2.75) is 6.54 Å². The lowest BCUT2D eigenvalue weighted by Gasteiger charge is -2.04. The third kappa shape index (κ3) is 2.55. The second-order valence-electron chi connectivity index (χ2n) is 4.03. The topological polar surface area (TPSA) is 87.9 Å². The van der Waals surface area contributed by atoms with E-state index in [1.54, 1.807) is 0 Å². The third-order valence-electron chi connectivity index (χ3n) is 2.50. The van der Waals surface area contributed by atoms with Gasteiger partial charge in [-0.15, -0.1) is 0 Å². The molecule has 2 aromatic rings. The van der Waals surface area contributed by atoms with Gasteiger partial charge in [0.25, 0.3) is 0 Å². The van der Waals surface area contributed by atoms with Crippen molar-refractivity contribution < 1.29 is 9.50 Å². The molecular weight excluding hydrogens is 247 g/mol. The molecule has 6 heteroatoms. The second kappa shape index (κ2) is 4.82. The Bertz CT molecular complexity index is 684. The zero-order chi connectivity index (χ0) is 14.0. The number of anilines is 1. The van der Waals surface area contributed by atoms with Crippen molar-refractivity contribution in [2.75, 3.05) is 5.73 Å². The van der Waals surface area contributed by atoms with Gasteiger partial charge in [-0.1, -0.05) is 6.58 Å². The maximum Gasteiger partial charge on any atom is 0.134 e. The highest BCUT2D eigenvalue weighted by molar-refractivity contribution is 5.72. The number of nitriles is 1. The summed E-state index contributed by atoms with van der Waals surface area (Å²) < 4.78 is 15.3. The zero-order valence-corrected chi connectivity index (χ0v) is 9.97. The van der Waals surface area contributed by atoms with Crippen LogP contribution in [0.1, 0.15) is 5.56 Å². The molecule has 0 atom stereocenters. The van der Waals surface area contributed by atoms with Crippen LogP contribution in [0, 0.1) is 17.1 Å². The van der Waals surface area contributed by atoms with Gasteiger partial charge in [0.1, 0.15) is 11.6 Å². The molecule has 1 aromatic heterocycles. The normalized spacial score (nSPS) is 10.1. The van der Waals surface area contributed by atoms with Gasteiger partial charge in [-0.05, 0) is 12.1 Å². The maximum atomic E-state index is 13.9. The van der Waals surface area contributed by atoms with Gasteiger partial charge in [0, 0.05) is 23.0 Å². The number of halogens is 1. The molecule has 0 aliphatic rings. The van der Waals surface area contributed by atoms with E-state index in [0.717, 1.165) is 6.07 Å². The van der Waals surface area contributed by atoms with Crippen molar-refractivity contribution >= 4 is 5.69 Å². The molecule has 96 valence electrons. The summed E-state index contributed by atoms with van der Waals surface area (Å²) in [6.45, 7) is 3.46. The fourth-order valence-corrected chi connectivity index (χ4v) is 1.78. The van der Waals surface area contributed by atoms with Gasteiger partial charge in [-0.25, -0.2) is 4.39 Å². The summed E-state index contributed by atoms with van der Waals surface area (Å²) >= 11 is 0. The first-order chi connectivity index (χ1) is 9.01.